The van der Waals surface area contributed by atoms with Crippen molar-refractivity contribution in [1.82, 2.24) is 9.80 Å². The van der Waals surface area contributed by atoms with Crippen molar-refractivity contribution >= 4 is 5.91 Å². The Morgan fingerprint density at radius 2 is 1.86 bits per heavy atom. The van der Waals surface area contributed by atoms with Gasteiger partial charge in [0, 0.05) is 32.6 Å². The Hall–Kier alpha value is -1.55. The summed E-state index contributed by atoms with van der Waals surface area (Å²) in [5, 5.41) is 0. The second kappa shape index (κ2) is 9.78. The van der Waals surface area contributed by atoms with E-state index < -0.39 is 0 Å². The smallest absolute Gasteiger partial charge is 0.222 e. The number of hydrogen-bond acceptors (Lipinski definition) is 3. The van der Waals surface area contributed by atoms with Crippen LogP contribution in [0.15, 0.2) is 24.3 Å². The Labute approximate surface area is 171 Å². The SMILES string of the molecule is CC(C)CC(=O)N1CCC2(CCCCc3ccccc3OCCN(C)C2)CC1. The van der Waals surface area contributed by atoms with Crippen LogP contribution in [0.2, 0.25) is 0 Å². The minimum atomic E-state index is 0.344. The summed E-state index contributed by atoms with van der Waals surface area (Å²) >= 11 is 0. The number of fused-ring (bicyclic) bond motifs is 1. The summed E-state index contributed by atoms with van der Waals surface area (Å²) in [6.07, 6.45) is 7.79. The number of amides is 1. The van der Waals surface area contributed by atoms with Crippen LogP contribution >= 0.6 is 0 Å². The Bertz CT molecular complexity index is 635. The van der Waals surface area contributed by atoms with Crippen LogP contribution in [0.1, 0.15) is 57.9 Å². The molecule has 1 spiro atoms. The van der Waals surface area contributed by atoms with Crippen molar-refractivity contribution in [2.75, 3.05) is 39.8 Å². The first-order chi connectivity index (χ1) is 13.5. The molecule has 4 heteroatoms. The third kappa shape index (κ3) is 5.73. The van der Waals surface area contributed by atoms with Gasteiger partial charge < -0.3 is 14.5 Å². The average Bonchev–Trinajstić information content (AvgIpc) is 2.65. The number of benzene rings is 1. The summed E-state index contributed by atoms with van der Waals surface area (Å²) in [5.41, 5.74) is 1.69. The molecule has 1 aromatic carbocycles. The Balaban J connectivity index is 1.62. The molecule has 0 atom stereocenters. The van der Waals surface area contributed by atoms with E-state index in [1.807, 2.05) is 0 Å². The highest BCUT2D eigenvalue weighted by Crippen LogP contribution is 2.38. The predicted octanol–water partition coefficient (Wildman–Crippen LogP) is 4.38. The van der Waals surface area contributed by atoms with Crippen LogP contribution < -0.4 is 4.74 Å². The van der Waals surface area contributed by atoms with Crippen LogP contribution in [-0.2, 0) is 11.2 Å². The topological polar surface area (TPSA) is 32.8 Å². The number of para-hydroxylation sites is 1. The first kappa shape index (κ1) is 21.2. The summed E-state index contributed by atoms with van der Waals surface area (Å²) in [6, 6.07) is 8.50. The molecular weight excluding hydrogens is 348 g/mol. The van der Waals surface area contributed by atoms with Crippen LogP contribution in [0.4, 0.5) is 0 Å². The van der Waals surface area contributed by atoms with Gasteiger partial charge >= 0.3 is 0 Å². The van der Waals surface area contributed by atoms with Crippen LogP contribution in [0.5, 0.6) is 5.75 Å². The van der Waals surface area contributed by atoms with Gasteiger partial charge in [0.2, 0.25) is 5.91 Å². The van der Waals surface area contributed by atoms with E-state index in [1.54, 1.807) is 0 Å². The zero-order valence-electron chi connectivity index (χ0n) is 18.1. The van der Waals surface area contributed by atoms with Crippen molar-refractivity contribution in [3.8, 4) is 5.75 Å². The molecule has 0 aliphatic carbocycles. The van der Waals surface area contributed by atoms with E-state index in [9.17, 15) is 4.79 Å². The lowest BCUT2D eigenvalue weighted by atomic mass is 9.73. The van der Waals surface area contributed by atoms with Gasteiger partial charge in [-0.3, -0.25) is 4.79 Å². The van der Waals surface area contributed by atoms with Gasteiger partial charge in [-0.05, 0) is 62.1 Å². The van der Waals surface area contributed by atoms with Crippen molar-refractivity contribution in [3.63, 3.8) is 0 Å². The van der Waals surface area contributed by atoms with E-state index in [-0.39, 0.29) is 0 Å². The second-order valence-corrected chi connectivity index (χ2v) is 9.38. The normalized spacial score (nSPS) is 21.5. The molecule has 1 aromatic rings. The number of aryl methyl sites for hydroxylation is 1. The van der Waals surface area contributed by atoms with E-state index in [2.05, 4.69) is 55.0 Å². The summed E-state index contributed by atoms with van der Waals surface area (Å²) in [6.45, 7) is 8.92. The molecule has 3 rings (SSSR count). The van der Waals surface area contributed by atoms with Crippen LogP contribution in [0, 0.1) is 11.3 Å². The number of likely N-dealkylation sites (tertiary alicyclic amines) is 1. The highest BCUT2D eigenvalue weighted by atomic mass is 16.5. The number of carbonyl (C=O) groups excluding carboxylic acids is 1. The largest absolute Gasteiger partial charge is 0.492 e. The number of nitrogens with zero attached hydrogens (tertiary/aromatic N) is 2. The Kier molecular flexibility index (Phi) is 7.39. The van der Waals surface area contributed by atoms with E-state index >= 15 is 0 Å². The molecule has 1 saturated heterocycles. The second-order valence-electron chi connectivity index (χ2n) is 9.38. The highest BCUT2D eigenvalue weighted by Gasteiger charge is 2.36. The number of rotatable bonds is 2. The van der Waals surface area contributed by atoms with E-state index in [0.29, 0.717) is 23.7 Å². The zero-order chi connectivity index (χ0) is 20.0. The highest BCUT2D eigenvalue weighted by molar-refractivity contribution is 5.76. The van der Waals surface area contributed by atoms with Crippen LogP contribution in [-0.4, -0.2) is 55.5 Å². The quantitative estimate of drug-likeness (QED) is 0.756. The summed E-state index contributed by atoms with van der Waals surface area (Å²) < 4.78 is 6.10. The van der Waals surface area contributed by atoms with Crippen molar-refractivity contribution in [2.45, 2.75) is 58.8 Å². The van der Waals surface area contributed by atoms with Gasteiger partial charge in [0.15, 0.2) is 0 Å². The minimum Gasteiger partial charge on any atom is -0.492 e. The molecule has 28 heavy (non-hydrogen) atoms. The third-order valence-electron chi connectivity index (χ3n) is 6.47. The molecule has 0 saturated carbocycles. The molecule has 4 nitrogen and oxygen atoms in total. The molecule has 0 bridgehead atoms. The first-order valence-electron chi connectivity index (χ1n) is 11.1. The van der Waals surface area contributed by atoms with E-state index in [1.165, 1.54) is 24.8 Å². The van der Waals surface area contributed by atoms with Crippen molar-refractivity contribution < 1.29 is 9.53 Å². The summed E-state index contributed by atoms with van der Waals surface area (Å²) in [7, 11) is 2.22. The monoisotopic (exact) mass is 386 g/mol. The van der Waals surface area contributed by atoms with Gasteiger partial charge in [-0.1, -0.05) is 38.5 Å². The number of likely N-dealkylation sites (N-methyl/N-ethyl adjacent to an activating group) is 1. The van der Waals surface area contributed by atoms with Crippen molar-refractivity contribution in [2.24, 2.45) is 11.3 Å². The predicted molar refractivity (Wildman–Crippen MR) is 115 cm³/mol. The van der Waals surface area contributed by atoms with Gasteiger partial charge in [-0.15, -0.1) is 0 Å². The molecule has 156 valence electrons. The van der Waals surface area contributed by atoms with E-state index in [0.717, 1.165) is 57.8 Å². The Morgan fingerprint density at radius 1 is 1.11 bits per heavy atom. The summed E-state index contributed by atoms with van der Waals surface area (Å²) in [5.74, 6) is 1.85. The molecule has 0 radical (unpaired) electrons. The first-order valence-corrected chi connectivity index (χ1v) is 11.1. The lowest BCUT2D eigenvalue weighted by molar-refractivity contribution is -0.134. The standard InChI is InChI=1S/C24H38N2O2/c1-20(2)18-23(27)26-14-12-24(13-15-26)11-7-6-9-21-8-4-5-10-22(21)28-17-16-25(3)19-24/h4-5,8,10,20H,6-7,9,11-19H2,1-3H3. The van der Waals surface area contributed by atoms with Gasteiger partial charge in [0.1, 0.15) is 12.4 Å². The molecule has 2 heterocycles. The van der Waals surface area contributed by atoms with Crippen LogP contribution in [0.25, 0.3) is 0 Å². The molecule has 0 unspecified atom stereocenters. The van der Waals surface area contributed by atoms with Gasteiger partial charge in [0.05, 0.1) is 0 Å². The number of carbonyl (C=O) groups is 1. The number of ether oxygens (including phenoxy) is 1. The van der Waals surface area contributed by atoms with Crippen molar-refractivity contribution in [1.29, 1.82) is 0 Å². The maximum atomic E-state index is 12.5. The molecule has 1 amide bonds. The molecule has 0 N–H and O–H groups in total. The molecule has 0 aromatic heterocycles. The van der Waals surface area contributed by atoms with Gasteiger partial charge in [-0.25, -0.2) is 0 Å². The van der Waals surface area contributed by atoms with Gasteiger partial charge in [-0.2, -0.15) is 0 Å². The average molecular weight is 387 g/mol. The maximum absolute atomic E-state index is 12.5. The zero-order valence-corrected chi connectivity index (χ0v) is 18.1. The molecule has 2 aliphatic rings. The number of piperidine rings is 1. The number of hydrogen-bond donors (Lipinski definition) is 0. The van der Waals surface area contributed by atoms with E-state index in [4.69, 9.17) is 4.74 Å². The Morgan fingerprint density at radius 3 is 2.61 bits per heavy atom. The van der Waals surface area contributed by atoms with Gasteiger partial charge in [0.25, 0.3) is 0 Å². The molecule has 1 fully saturated rings. The maximum Gasteiger partial charge on any atom is 0.222 e. The summed E-state index contributed by atoms with van der Waals surface area (Å²) in [4.78, 5) is 17.0. The lowest BCUT2D eigenvalue weighted by Gasteiger charge is -2.44. The molecular formula is C24H38N2O2. The van der Waals surface area contributed by atoms with Crippen LogP contribution in [0.3, 0.4) is 0 Å². The fraction of sp³-hybridized carbons (Fsp3) is 0.708. The fourth-order valence-electron chi connectivity index (χ4n) is 4.83. The third-order valence-corrected chi connectivity index (χ3v) is 6.47. The lowest BCUT2D eigenvalue weighted by Crippen LogP contribution is -2.48. The minimum absolute atomic E-state index is 0.344. The fourth-order valence-corrected chi connectivity index (χ4v) is 4.83. The van der Waals surface area contributed by atoms with Crippen molar-refractivity contribution in [3.05, 3.63) is 29.8 Å². The molecule has 2 aliphatic heterocycles.